The Morgan fingerprint density at radius 3 is 2.73 bits per heavy atom. The molecule has 0 spiro atoms. The highest BCUT2D eigenvalue weighted by molar-refractivity contribution is 5.78. The molecule has 1 aromatic rings. The lowest BCUT2D eigenvalue weighted by Crippen LogP contribution is -2.41. The Morgan fingerprint density at radius 2 is 2.05 bits per heavy atom. The van der Waals surface area contributed by atoms with E-state index in [0.717, 1.165) is 51.5 Å². The maximum atomic E-state index is 12.4. The molecule has 2 heterocycles. The molecule has 1 atom stereocenters. The van der Waals surface area contributed by atoms with Gasteiger partial charge < -0.3 is 15.2 Å². The first-order chi connectivity index (χ1) is 10.5. The number of nitrogens with zero attached hydrogens (tertiary/aromatic N) is 3. The molecular formula is C16H26N4O2. The van der Waals surface area contributed by atoms with E-state index >= 15 is 0 Å². The zero-order valence-corrected chi connectivity index (χ0v) is 13.5. The van der Waals surface area contributed by atoms with Crippen LogP contribution in [0.3, 0.4) is 0 Å². The highest BCUT2D eigenvalue weighted by Gasteiger charge is 2.38. The molecule has 1 saturated heterocycles. The van der Waals surface area contributed by atoms with E-state index in [9.17, 15) is 4.79 Å². The monoisotopic (exact) mass is 306 g/mol. The second-order valence-electron chi connectivity index (χ2n) is 7.02. The van der Waals surface area contributed by atoms with Crippen molar-refractivity contribution in [1.29, 1.82) is 0 Å². The van der Waals surface area contributed by atoms with Gasteiger partial charge in [0.15, 0.2) is 5.82 Å². The minimum absolute atomic E-state index is 0.0151. The summed E-state index contributed by atoms with van der Waals surface area (Å²) in [5, 5.41) is 4.13. The Labute approximate surface area is 131 Å². The van der Waals surface area contributed by atoms with E-state index < -0.39 is 5.54 Å². The summed E-state index contributed by atoms with van der Waals surface area (Å²) in [5.41, 5.74) is 5.96. The molecule has 1 saturated carbocycles. The van der Waals surface area contributed by atoms with Crippen molar-refractivity contribution in [2.24, 2.45) is 11.7 Å². The summed E-state index contributed by atoms with van der Waals surface area (Å²) in [7, 11) is 0. The molecule has 122 valence electrons. The first-order valence-electron chi connectivity index (χ1n) is 8.45. The number of nitrogens with two attached hydrogens (primary N) is 1. The largest absolute Gasteiger partial charge is 0.337 e. The summed E-state index contributed by atoms with van der Waals surface area (Å²) in [6.07, 6.45) is 7.05. The number of hydrogen-bond donors (Lipinski definition) is 1. The van der Waals surface area contributed by atoms with Gasteiger partial charge in [-0.1, -0.05) is 31.8 Å². The van der Waals surface area contributed by atoms with Crippen LogP contribution in [-0.4, -0.2) is 27.5 Å². The van der Waals surface area contributed by atoms with Crippen molar-refractivity contribution in [2.75, 3.05) is 6.54 Å². The second-order valence-corrected chi connectivity index (χ2v) is 7.02. The van der Waals surface area contributed by atoms with E-state index in [2.05, 4.69) is 10.1 Å². The third-order valence-corrected chi connectivity index (χ3v) is 4.95. The smallest absolute Gasteiger partial charge is 0.249 e. The molecule has 1 aromatic heterocycles. The topological polar surface area (TPSA) is 85.2 Å². The fraction of sp³-hybridized carbons (Fsp3) is 0.812. The molecule has 1 amide bonds. The summed E-state index contributed by atoms with van der Waals surface area (Å²) < 4.78 is 5.51. The summed E-state index contributed by atoms with van der Waals surface area (Å²) in [5.74, 6) is 1.31. The molecule has 22 heavy (non-hydrogen) atoms. The number of carbonyl (C=O) groups excluding carboxylic acids is 1. The van der Waals surface area contributed by atoms with Gasteiger partial charge in [-0.05, 0) is 32.1 Å². The normalized spacial score (nSPS) is 24.9. The van der Waals surface area contributed by atoms with Crippen molar-refractivity contribution in [3.8, 4) is 0 Å². The van der Waals surface area contributed by atoms with Crippen LogP contribution in [0.4, 0.5) is 0 Å². The fourth-order valence-corrected chi connectivity index (χ4v) is 3.59. The molecule has 0 radical (unpaired) electrons. The third kappa shape index (κ3) is 2.76. The van der Waals surface area contributed by atoms with Gasteiger partial charge in [0.2, 0.25) is 11.8 Å². The van der Waals surface area contributed by atoms with Crippen LogP contribution in [0.25, 0.3) is 0 Å². The highest BCUT2D eigenvalue weighted by Crippen LogP contribution is 2.37. The summed E-state index contributed by atoms with van der Waals surface area (Å²) in [4.78, 5) is 18.9. The molecule has 0 bridgehead atoms. The minimum Gasteiger partial charge on any atom is -0.337 e. The van der Waals surface area contributed by atoms with Crippen LogP contribution in [0.5, 0.6) is 0 Å². The number of rotatable bonds is 3. The van der Waals surface area contributed by atoms with Gasteiger partial charge in [0, 0.05) is 12.5 Å². The lowest BCUT2D eigenvalue weighted by Gasteiger charge is -2.34. The van der Waals surface area contributed by atoms with E-state index in [1.54, 1.807) is 0 Å². The van der Waals surface area contributed by atoms with E-state index in [1.165, 1.54) is 0 Å². The third-order valence-electron chi connectivity index (χ3n) is 4.95. The van der Waals surface area contributed by atoms with Gasteiger partial charge in [0.1, 0.15) is 6.04 Å². The van der Waals surface area contributed by atoms with E-state index in [0.29, 0.717) is 11.7 Å². The Balaban J connectivity index is 1.82. The van der Waals surface area contributed by atoms with Crippen LogP contribution in [0, 0.1) is 5.92 Å². The molecule has 1 aliphatic carbocycles. The second kappa shape index (κ2) is 5.99. The molecule has 2 aliphatic rings. The van der Waals surface area contributed by atoms with Gasteiger partial charge in [-0.25, -0.2) is 0 Å². The predicted octanol–water partition coefficient (Wildman–Crippen LogP) is 2.51. The van der Waals surface area contributed by atoms with Gasteiger partial charge in [-0.3, -0.25) is 4.79 Å². The molecule has 6 heteroatoms. The molecule has 0 aromatic carbocycles. The predicted molar refractivity (Wildman–Crippen MR) is 81.8 cm³/mol. The first kappa shape index (κ1) is 15.5. The fourth-order valence-electron chi connectivity index (χ4n) is 3.59. The minimum atomic E-state index is -0.441. The van der Waals surface area contributed by atoms with E-state index in [1.807, 2.05) is 18.7 Å². The van der Waals surface area contributed by atoms with Crippen molar-refractivity contribution in [1.82, 2.24) is 15.0 Å². The van der Waals surface area contributed by atoms with Crippen LogP contribution in [0.1, 0.15) is 76.6 Å². The molecule has 1 aliphatic heterocycles. The van der Waals surface area contributed by atoms with Gasteiger partial charge in [-0.2, -0.15) is 4.98 Å². The Kier molecular flexibility index (Phi) is 4.21. The van der Waals surface area contributed by atoms with Crippen LogP contribution >= 0.6 is 0 Å². The lowest BCUT2D eigenvalue weighted by molar-refractivity contribution is -0.139. The van der Waals surface area contributed by atoms with Gasteiger partial charge in [0.25, 0.3) is 0 Å². The van der Waals surface area contributed by atoms with Crippen LogP contribution in [-0.2, 0) is 10.3 Å². The van der Waals surface area contributed by atoms with E-state index in [4.69, 9.17) is 10.3 Å². The highest BCUT2D eigenvalue weighted by atomic mass is 16.5. The van der Waals surface area contributed by atoms with E-state index in [-0.39, 0.29) is 17.9 Å². The Hall–Kier alpha value is -1.43. The molecule has 6 nitrogen and oxygen atoms in total. The van der Waals surface area contributed by atoms with Crippen molar-refractivity contribution in [3.63, 3.8) is 0 Å². The number of likely N-dealkylation sites (tertiary alicyclic amines) is 1. The summed E-state index contributed by atoms with van der Waals surface area (Å²) in [6, 6.07) is -0.0881. The zero-order valence-electron chi connectivity index (χ0n) is 13.5. The standard InChI is InChI=1S/C16H26N4O2/c1-11(2)14(21)20-10-6-3-7-12(20)13-18-15(19-22-13)16(17)8-4-5-9-16/h11-12H,3-10,17H2,1-2H3. The number of amides is 1. The average molecular weight is 306 g/mol. The lowest BCUT2D eigenvalue weighted by atomic mass is 9.98. The van der Waals surface area contributed by atoms with Crippen molar-refractivity contribution >= 4 is 5.91 Å². The summed E-state index contributed by atoms with van der Waals surface area (Å²) >= 11 is 0. The maximum absolute atomic E-state index is 12.4. The number of hydrogen-bond acceptors (Lipinski definition) is 5. The molecule has 2 N–H and O–H groups in total. The van der Waals surface area contributed by atoms with Crippen molar-refractivity contribution in [3.05, 3.63) is 11.7 Å². The SMILES string of the molecule is CC(C)C(=O)N1CCCCC1c1nc(C2(N)CCCC2)no1. The number of carbonyl (C=O) groups is 1. The van der Waals surface area contributed by atoms with Gasteiger partial charge in [0.05, 0.1) is 5.54 Å². The van der Waals surface area contributed by atoms with Gasteiger partial charge in [-0.15, -0.1) is 0 Å². The van der Waals surface area contributed by atoms with Gasteiger partial charge >= 0.3 is 0 Å². The number of piperidine rings is 1. The molecule has 1 unspecified atom stereocenters. The van der Waals surface area contributed by atoms with Crippen LogP contribution in [0.15, 0.2) is 4.52 Å². The Morgan fingerprint density at radius 1 is 1.32 bits per heavy atom. The van der Waals surface area contributed by atoms with Crippen LogP contribution in [0.2, 0.25) is 0 Å². The number of aromatic nitrogens is 2. The summed E-state index contributed by atoms with van der Waals surface area (Å²) in [6.45, 7) is 4.63. The molecule has 2 fully saturated rings. The zero-order chi connectivity index (χ0) is 15.7. The quantitative estimate of drug-likeness (QED) is 0.927. The average Bonchev–Trinajstić information content (AvgIpc) is 3.16. The molecule has 3 rings (SSSR count). The molecular weight excluding hydrogens is 280 g/mol. The van der Waals surface area contributed by atoms with Crippen molar-refractivity contribution < 1.29 is 9.32 Å². The Bertz CT molecular complexity index is 534. The maximum Gasteiger partial charge on any atom is 0.249 e. The first-order valence-corrected chi connectivity index (χ1v) is 8.45. The van der Waals surface area contributed by atoms with Crippen LogP contribution < -0.4 is 5.73 Å². The van der Waals surface area contributed by atoms with Crippen molar-refractivity contribution in [2.45, 2.75) is 70.4 Å².